The van der Waals surface area contributed by atoms with Crippen molar-refractivity contribution in [3.8, 4) is 11.8 Å². The van der Waals surface area contributed by atoms with Crippen molar-refractivity contribution >= 4 is 28.9 Å². The number of ether oxygens (including phenoxy) is 1. The quantitative estimate of drug-likeness (QED) is 0.886. The number of nitrogens with one attached hydrogen (secondary N) is 2. The van der Waals surface area contributed by atoms with Gasteiger partial charge in [-0.1, -0.05) is 0 Å². The Bertz CT molecular complexity index is 917. The molecule has 2 N–H and O–H groups in total. The lowest BCUT2D eigenvalue weighted by molar-refractivity contribution is -0.119. The Kier molecular flexibility index (Phi) is 3.93. The number of carbonyl (C=O) groups excluding carboxylic acids is 2. The summed E-state index contributed by atoms with van der Waals surface area (Å²) in [4.78, 5) is 25.7. The molecule has 4 rings (SSSR count). The number of nitrogens with zero attached hydrogens (tertiary/aromatic N) is 2. The lowest BCUT2D eigenvalue weighted by Gasteiger charge is -2.20. The van der Waals surface area contributed by atoms with Crippen LogP contribution in [-0.4, -0.2) is 31.0 Å². The van der Waals surface area contributed by atoms with Crippen LogP contribution in [0.2, 0.25) is 0 Å². The molecule has 0 bridgehead atoms. The Labute approximate surface area is 150 Å². The van der Waals surface area contributed by atoms with Crippen molar-refractivity contribution in [3.63, 3.8) is 0 Å². The fourth-order valence-electron chi connectivity index (χ4n) is 3.15. The van der Waals surface area contributed by atoms with Gasteiger partial charge in [-0.2, -0.15) is 5.26 Å². The second-order valence-electron chi connectivity index (χ2n) is 6.18. The van der Waals surface area contributed by atoms with Gasteiger partial charge in [0.1, 0.15) is 11.8 Å². The first kappa shape index (κ1) is 16.0. The van der Waals surface area contributed by atoms with Crippen molar-refractivity contribution in [2.45, 2.75) is 12.5 Å². The molecule has 2 aliphatic rings. The molecule has 2 aromatic rings. The molecule has 1 atom stereocenters. The van der Waals surface area contributed by atoms with Crippen molar-refractivity contribution < 1.29 is 14.3 Å². The fraction of sp³-hybridized carbons (Fsp3) is 0.211. The average Bonchev–Trinajstić information content (AvgIpc) is 3.02. The summed E-state index contributed by atoms with van der Waals surface area (Å²) >= 11 is 0. The highest BCUT2D eigenvalue weighted by Gasteiger charge is 2.32. The zero-order valence-corrected chi connectivity index (χ0v) is 13.9. The van der Waals surface area contributed by atoms with E-state index < -0.39 is 0 Å². The van der Waals surface area contributed by atoms with Crippen LogP contribution in [-0.2, 0) is 9.59 Å². The number of amides is 2. The lowest BCUT2D eigenvalue weighted by atomic mass is 10.2. The first-order valence-electron chi connectivity index (χ1n) is 8.29. The number of anilines is 3. The molecule has 7 nitrogen and oxygen atoms in total. The molecular weight excluding hydrogens is 332 g/mol. The van der Waals surface area contributed by atoms with Gasteiger partial charge < -0.3 is 20.3 Å². The van der Waals surface area contributed by atoms with E-state index in [1.165, 1.54) is 0 Å². The Balaban J connectivity index is 1.47. The molecule has 0 radical (unpaired) electrons. The zero-order chi connectivity index (χ0) is 18.1. The average molecular weight is 348 g/mol. The molecule has 2 heterocycles. The lowest BCUT2D eigenvalue weighted by Crippen LogP contribution is -2.33. The van der Waals surface area contributed by atoms with Gasteiger partial charge >= 0.3 is 0 Å². The summed E-state index contributed by atoms with van der Waals surface area (Å²) in [6.45, 7) is 0.602. The number of hydrogen-bond donors (Lipinski definition) is 2. The van der Waals surface area contributed by atoms with Crippen molar-refractivity contribution in [1.29, 1.82) is 5.26 Å². The topological polar surface area (TPSA) is 94.5 Å². The molecule has 0 aromatic heterocycles. The highest BCUT2D eigenvalue weighted by atomic mass is 16.5. The third-order valence-electron chi connectivity index (χ3n) is 4.47. The Morgan fingerprint density at radius 3 is 2.77 bits per heavy atom. The maximum Gasteiger partial charge on any atom is 0.262 e. The second kappa shape index (κ2) is 6.41. The third-order valence-corrected chi connectivity index (χ3v) is 4.47. The minimum absolute atomic E-state index is 0.00865. The minimum Gasteiger partial charge on any atom is -0.482 e. The van der Waals surface area contributed by atoms with Crippen LogP contribution in [0.15, 0.2) is 42.5 Å². The van der Waals surface area contributed by atoms with Crippen molar-refractivity contribution in [2.75, 3.05) is 28.7 Å². The number of hydrogen-bond acceptors (Lipinski definition) is 5. The molecular formula is C19H16N4O3. The van der Waals surface area contributed by atoms with E-state index in [-0.39, 0.29) is 24.5 Å². The standard InChI is InChI=1S/C19H16N4O3/c20-10-12-1-4-14(5-2-12)23-8-7-16(19(23)25)21-13-3-6-15-17(9-13)26-11-18(24)22-15/h1-6,9,16,21H,7-8,11H2,(H,22,24)/t16-/m0/s1. The molecule has 1 fully saturated rings. The summed E-state index contributed by atoms with van der Waals surface area (Å²) in [7, 11) is 0. The van der Waals surface area contributed by atoms with E-state index in [2.05, 4.69) is 16.7 Å². The summed E-state index contributed by atoms with van der Waals surface area (Å²) in [5.74, 6) is 0.396. The molecule has 2 aliphatic heterocycles. The predicted molar refractivity (Wildman–Crippen MR) is 96.1 cm³/mol. The number of benzene rings is 2. The SMILES string of the molecule is N#Cc1ccc(N2CC[C@H](Nc3ccc4c(c3)OCC(=O)N4)C2=O)cc1. The van der Waals surface area contributed by atoms with E-state index in [0.29, 0.717) is 30.0 Å². The molecule has 0 unspecified atom stereocenters. The number of fused-ring (bicyclic) bond motifs is 1. The minimum atomic E-state index is -0.332. The molecule has 0 saturated carbocycles. The van der Waals surface area contributed by atoms with Gasteiger partial charge in [-0.05, 0) is 42.8 Å². The maximum atomic E-state index is 12.7. The highest BCUT2D eigenvalue weighted by Crippen LogP contribution is 2.32. The van der Waals surface area contributed by atoms with Crippen LogP contribution in [0, 0.1) is 11.3 Å². The van der Waals surface area contributed by atoms with E-state index in [1.54, 1.807) is 41.3 Å². The maximum absolute atomic E-state index is 12.7. The van der Waals surface area contributed by atoms with Crippen molar-refractivity contribution in [1.82, 2.24) is 0 Å². The predicted octanol–water partition coefficient (Wildman–Crippen LogP) is 2.11. The van der Waals surface area contributed by atoms with Crippen LogP contribution in [0.25, 0.3) is 0 Å². The van der Waals surface area contributed by atoms with Crippen molar-refractivity contribution in [3.05, 3.63) is 48.0 Å². The summed E-state index contributed by atoms with van der Waals surface area (Å²) < 4.78 is 5.41. The Morgan fingerprint density at radius 1 is 1.19 bits per heavy atom. The first-order valence-corrected chi connectivity index (χ1v) is 8.29. The Hall–Kier alpha value is -3.53. The number of carbonyl (C=O) groups is 2. The van der Waals surface area contributed by atoms with Crippen LogP contribution in [0.4, 0.5) is 17.1 Å². The van der Waals surface area contributed by atoms with E-state index in [1.807, 2.05) is 6.07 Å². The van der Waals surface area contributed by atoms with Gasteiger partial charge in [-0.3, -0.25) is 9.59 Å². The summed E-state index contributed by atoms with van der Waals surface area (Å²) in [6.07, 6.45) is 0.674. The van der Waals surface area contributed by atoms with Gasteiger partial charge in [0.25, 0.3) is 5.91 Å². The van der Waals surface area contributed by atoms with Crippen LogP contribution < -0.4 is 20.3 Å². The van der Waals surface area contributed by atoms with E-state index in [0.717, 1.165) is 11.4 Å². The van der Waals surface area contributed by atoms with Crippen LogP contribution in [0.1, 0.15) is 12.0 Å². The van der Waals surface area contributed by atoms with E-state index in [9.17, 15) is 9.59 Å². The van der Waals surface area contributed by atoms with Gasteiger partial charge in [0.2, 0.25) is 5.91 Å². The highest BCUT2D eigenvalue weighted by molar-refractivity contribution is 6.01. The van der Waals surface area contributed by atoms with Crippen LogP contribution in [0.5, 0.6) is 5.75 Å². The van der Waals surface area contributed by atoms with Gasteiger partial charge in [0.05, 0.1) is 17.3 Å². The number of rotatable bonds is 3. The molecule has 0 aliphatic carbocycles. The van der Waals surface area contributed by atoms with Crippen molar-refractivity contribution in [2.24, 2.45) is 0 Å². The second-order valence-corrected chi connectivity index (χ2v) is 6.18. The van der Waals surface area contributed by atoms with E-state index >= 15 is 0 Å². The zero-order valence-electron chi connectivity index (χ0n) is 13.9. The largest absolute Gasteiger partial charge is 0.482 e. The molecule has 2 aromatic carbocycles. The Morgan fingerprint density at radius 2 is 2.00 bits per heavy atom. The molecule has 26 heavy (non-hydrogen) atoms. The van der Waals surface area contributed by atoms with Gasteiger partial charge in [0.15, 0.2) is 6.61 Å². The molecule has 0 spiro atoms. The summed E-state index contributed by atoms with van der Waals surface area (Å²) in [5, 5.41) is 14.9. The summed E-state index contributed by atoms with van der Waals surface area (Å²) in [6, 6.07) is 14.1. The van der Waals surface area contributed by atoms with Gasteiger partial charge in [0, 0.05) is 24.0 Å². The number of nitriles is 1. The van der Waals surface area contributed by atoms with E-state index in [4.69, 9.17) is 10.00 Å². The molecule has 2 amide bonds. The molecule has 1 saturated heterocycles. The monoisotopic (exact) mass is 348 g/mol. The van der Waals surface area contributed by atoms with Crippen LogP contribution >= 0.6 is 0 Å². The van der Waals surface area contributed by atoms with Gasteiger partial charge in [-0.25, -0.2) is 0 Å². The molecule has 130 valence electrons. The smallest absolute Gasteiger partial charge is 0.262 e. The molecule has 7 heteroatoms. The fourth-order valence-corrected chi connectivity index (χ4v) is 3.15. The summed E-state index contributed by atoms with van der Waals surface area (Å²) in [5.41, 5.74) is 2.75. The van der Waals surface area contributed by atoms with Gasteiger partial charge in [-0.15, -0.1) is 0 Å². The van der Waals surface area contributed by atoms with Crippen LogP contribution in [0.3, 0.4) is 0 Å². The normalized spacial score (nSPS) is 18.6. The third kappa shape index (κ3) is 2.93. The first-order chi connectivity index (χ1) is 12.6.